The van der Waals surface area contributed by atoms with Crippen molar-refractivity contribution in [3.8, 4) is 0 Å². The molecule has 1 fully saturated rings. The lowest BCUT2D eigenvalue weighted by Crippen LogP contribution is -2.34. The summed E-state index contributed by atoms with van der Waals surface area (Å²) in [7, 11) is 0. The number of amides is 1. The van der Waals surface area contributed by atoms with Crippen LogP contribution in [-0.2, 0) is 16.0 Å². The van der Waals surface area contributed by atoms with Crippen LogP contribution in [0.4, 0.5) is 8.78 Å². The number of hydrogen-bond donors (Lipinski definition) is 2. The minimum absolute atomic E-state index is 0.00437. The fraction of sp³-hybridized carbons (Fsp3) is 0.429. The number of carboxylic acids is 1. The molecule has 1 saturated carbocycles. The maximum absolute atomic E-state index is 13.4. The van der Waals surface area contributed by atoms with Gasteiger partial charge in [0.2, 0.25) is 5.91 Å². The monoisotopic (exact) mass is 283 g/mol. The highest BCUT2D eigenvalue weighted by atomic mass is 19.1. The summed E-state index contributed by atoms with van der Waals surface area (Å²) in [5, 5.41) is 11.5. The summed E-state index contributed by atoms with van der Waals surface area (Å²) in [5.74, 6) is -2.95. The summed E-state index contributed by atoms with van der Waals surface area (Å²) >= 11 is 0. The van der Waals surface area contributed by atoms with E-state index in [1.165, 1.54) is 0 Å². The Morgan fingerprint density at radius 1 is 1.30 bits per heavy atom. The third kappa shape index (κ3) is 3.53. The smallest absolute Gasteiger partial charge is 0.306 e. The zero-order valence-corrected chi connectivity index (χ0v) is 10.7. The first-order valence-electron chi connectivity index (χ1n) is 6.42. The summed E-state index contributed by atoms with van der Waals surface area (Å²) < 4.78 is 26.4. The number of carbonyl (C=O) groups excluding carboxylic acids is 1. The summed E-state index contributed by atoms with van der Waals surface area (Å²) in [5.41, 5.74) is -0.00437. The molecular weight excluding hydrogens is 268 g/mol. The van der Waals surface area contributed by atoms with E-state index in [1.54, 1.807) is 0 Å². The Hall–Kier alpha value is -1.98. The van der Waals surface area contributed by atoms with Crippen molar-refractivity contribution in [3.05, 3.63) is 35.4 Å². The molecule has 1 aromatic rings. The van der Waals surface area contributed by atoms with Crippen LogP contribution in [0.5, 0.6) is 0 Å². The number of benzene rings is 1. The molecule has 6 heteroatoms. The van der Waals surface area contributed by atoms with E-state index in [2.05, 4.69) is 5.32 Å². The predicted molar refractivity (Wildman–Crippen MR) is 67.0 cm³/mol. The van der Waals surface area contributed by atoms with Gasteiger partial charge in [-0.1, -0.05) is 0 Å². The SMILES string of the molecule is O=C(Cc1cc(F)ccc1F)NC1CCC(C(=O)O)C1. The van der Waals surface area contributed by atoms with Crippen LogP contribution in [0, 0.1) is 17.6 Å². The van der Waals surface area contributed by atoms with E-state index in [1.807, 2.05) is 0 Å². The lowest BCUT2D eigenvalue weighted by molar-refractivity contribution is -0.141. The molecule has 1 amide bonds. The zero-order valence-electron chi connectivity index (χ0n) is 10.7. The molecule has 1 aliphatic rings. The van der Waals surface area contributed by atoms with E-state index < -0.39 is 29.4 Å². The molecule has 108 valence electrons. The standard InChI is InChI=1S/C14H15F2NO3/c15-10-2-4-12(16)9(5-10)7-13(18)17-11-3-1-8(6-11)14(19)20/h2,4-5,8,11H,1,3,6-7H2,(H,17,18)(H,19,20). The lowest BCUT2D eigenvalue weighted by Gasteiger charge is -2.12. The highest BCUT2D eigenvalue weighted by molar-refractivity contribution is 5.79. The summed E-state index contributed by atoms with van der Waals surface area (Å²) in [6, 6.07) is 2.75. The first-order valence-corrected chi connectivity index (χ1v) is 6.42. The topological polar surface area (TPSA) is 66.4 Å². The highest BCUT2D eigenvalue weighted by Crippen LogP contribution is 2.25. The molecule has 4 nitrogen and oxygen atoms in total. The van der Waals surface area contributed by atoms with E-state index in [4.69, 9.17) is 5.11 Å². The maximum Gasteiger partial charge on any atom is 0.306 e. The Morgan fingerprint density at radius 2 is 2.05 bits per heavy atom. The molecular formula is C14H15F2NO3. The van der Waals surface area contributed by atoms with Gasteiger partial charge >= 0.3 is 5.97 Å². The van der Waals surface area contributed by atoms with Crippen LogP contribution >= 0.6 is 0 Å². The highest BCUT2D eigenvalue weighted by Gasteiger charge is 2.30. The van der Waals surface area contributed by atoms with E-state index in [0.29, 0.717) is 19.3 Å². The summed E-state index contributed by atoms with van der Waals surface area (Å²) in [6.07, 6.45) is 1.24. The largest absolute Gasteiger partial charge is 0.481 e. The van der Waals surface area contributed by atoms with Crippen LogP contribution < -0.4 is 5.32 Å². The first-order chi connectivity index (χ1) is 9.45. The summed E-state index contributed by atoms with van der Waals surface area (Å²) in [6.45, 7) is 0. The van der Waals surface area contributed by atoms with Gasteiger partial charge in [0.25, 0.3) is 0 Å². The third-order valence-electron chi connectivity index (χ3n) is 3.51. The van der Waals surface area contributed by atoms with Gasteiger partial charge in [-0.05, 0) is 37.5 Å². The van der Waals surface area contributed by atoms with Crippen molar-refractivity contribution in [2.24, 2.45) is 5.92 Å². The van der Waals surface area contributed by atoms with Crippen molar-refractivity contribution in [1.29, 1.82) is 0 Å². The van der Waals surface area contributed by atoms with Gasteiger partial charge in [-0.3, -0.25) is 9.59 Å². The second-order valence-corrected chi connectivity index (χ2v) is 5.03. The van der Waals surface area contributed by atoms with Crippen molar-refractivity contribution in [1.82, 2.24) is 5.32 Å². The van der Waals surface area contributed by atoms with Crippen LogP contribution in [0.25, 0.3) is 0 Å². The van der Waals surface area contributed by atoms with E-state index in [0.717, 1.165) is 18.2 Å². The fourth-order valence-corrected chi connectivity index (χ4v) is 2.47. The maximum atomic E-state index is 13.4. The van der Waals surface area contributed by atoms with Crippen molar-refractivity contribution < 1.29 is 23.5 Å². The minimum Gasteiger partial charge on any atom is -0.481 e. The zero-order chi connectivity index (χ0) is 14.7. The van der Waals surface area contributed by atoms with Gasteiger partial charge in [0.15, 0.2) is 0 Å². The Bertz CT molecular complexity index is 533. The fourth-order valence-electron chi connectivity index (χ4n) is 2.47. The quantitative estimate of drug-likeness (QED) is 0.886. The van der Waals surface area contributed by atoms with Crippen molar-refractivity contribution in [2.45, 2.75) is 31.7 Å². The molecule has 2 rings (SSSR count). The average Bonchev–Trinajstić information content (AvgIpc) is 2.82. The van der Waals surface area contributed by atoms with Crippen LogP contribution in [0.3, 0.4) is 0 Å². The molecule has 2 unspecified atom stereocenters. The first kappa shape index (κ1) is 14.4. The Morgan fingerprint density at radius 3 is 2.70 bits per heavy atom. The molecule has 0 spiro atoms. The van der Waals surface area contributed by atoms with Crippen molar-refractivity contribution in [3.63, 3.8) is 0 Å². The molecule has 0 heterocycles. The number of carbonyl (C=O) groups is 2. The molecule has 0 radical (unpaired) electrons. The van der Waals surface area contributed by atoms with E-state index in [9.17, 15) is 18.4 Å². The van der Waals surface area contributed by atoms with Crippen LogP contribution in [0.1, 0.15) is 24.8 Å². The third-order valence-corrected chi connectivity index (χ3v) is 3.51. The number of aliphatic carboxylic acids is 1. The van der Waals surface area contributed by atoms with Gasteiger partial charge in [-0.15, -0.1) is 0 Å². The molecule has 0 aliphatic heterocycles. The molecule has 0 saturated heterocycles. The van der Waals surface area contributed by atoms with Crippen molar-refractivity contribution >= 4 is 11.9 Å². The van der Waals surface area contributed by atoms with Gasteiger partial charge in [0.1, 0.15) is 11.6 Å². The molecule has 2 atom stereocenters. The van der Waals surface area contributed by atoms with E-state index in [-0.39, 0.29) is 18.0 Å². The second kappa shape index (κ2) is 5.98. The molecule has 1 aliphatic carbocycles. The molecule has 0 aromatic heterocycles. The number of rotatable bonds is 4. The van der Waals surface area contributed by atoms with Gasteiger partial charge in [-0.2, -0.15) is 0 Å². The number of carboxylic acid groups (broad SMARTS) is 1. The van der Waals surface area contributed by atoms with Gasteiger partial charge in [-0.25, -0.2) is 8.78 Å². The lowest BCUT2D eigenvalue weighted by atomic mass is 10.1. The number of halogens is 2. The van der Waals surface area contributed by atoms with Crippen LogP contribution in [0.15, 0.2) is 18.2 Å². The average molecular weight is 283 g/mol. The molecule has 1 aromatic carbocycles. The number of nitrogens with one attached hydrogen (secondary N) is 1. The molecule has 20 heavy (non-hydrogen) atoms. The molecule has 0 bridgehead atoms. The molecule has 2 N–H and O–H groups in total. The van der Waals surface area contributed by atoms with Crippen molar-refractivity contribution in [2.75, 3.05) is 0 Å². The van der Waals surface area contributed by atoms with Crippen LogP contribution in [-0.4, -0.2) is 23.0 Å². The van der Waals surface area contributed by atoms with E-state index >= 15 is 0 Å². The minimum atomic E-state index is -0.863. The second-order valence-electron chi connectivity index (χ2n) is 5.03. The Balaban J connectivity index is 1.90. The summed E-state index contributed by atoms with van der Waals surface area (Å²) in [4.78, 5) is 22.6. The van der Waals surface area contributed by atoms with Crippen LogP contribution in [0.2, 0.25) is 0 Å². The number of hydrogen-bond acceptors (Lipinski definition) is 2. The predicted octanol–water partition coefficient (Wildman–Crippen LogP) is 1.88. The Labute approximate surface area is 114 Å². The normalized spacial score (nSPS) is 21.7. The van der Waals surface area contributed by atoms with Gasteiger partial charge in [0.05, 0.1) is 12.3 Å². The van der Waals surface area contributed by atoms with Gasteiger partial charge < -0.3 is 10.4 Å². The van der Waals surface area contributed by atoms with Gasteiger partial charge in [0, 0.05) is 11.6 Å². The Kier molecular flexibility index (Phi) is 4.32.